The van der Waals surface area contributed by atoms with Crippen LogP contribution in [0.2, 0.25) is 0 Å². The van der Waals surface area contributed by atoms with Crippen molar-refractivity contribution >= 4 is 23.4 Å². The summed E-state index contributed by atoms with van der Waals surface area (Å²) < 4.78 is 12.0. The zero-order chi connectivity index (χ0) is 20.1. The SMILES string of the molecule is COc1ccc(C)cc1NC(=O)CSc1nnc(-c2ccccc2OC)n1N. The van der Waals surface area contributed by atoms with E-state index in [2.05, 4.69) is 15.5 Å². The number of anilines is 1. The van der Waals surface area contributed by atoms with Crippen LogP contribution in [0.4, 0.5) is 5.69 Å². The minimum atomic E-state index is -0.198. The lowest BCUT2D eigenvalue weighted by atomic mass is 10.2. The molecular formula is C19H21N5O3S. The highest BCUT2D eigenvalue weighted by molar-refractivity contribution is 7.99. The first-order valence-corrected chi connectivity index (χ1v) is 9.43. The Balaban J connectivity index is 1.70. The average molecular weight is 399 g/mol. The van der Waals surface area contributed by atoms with Gasteiger partial charge in [0, 0.05) is 0 Å². The number of rotatable bonds is 7. The number of hydrogen-bond donors (Lipinski definition) is 2. The normalized spacial score (nSPS) is 10.5. The first kappa shape index (κ1) is 19.6. The van der Waals surface area contributed by atoms with Crippen LogP contribution in [-0.4, -0.2) is 40.8 Å². The fourth-order valence-electron chi connectivity index (χ4n) is 2.62. The van der Waals surface area contributed by atoms with Gasteiger partial charge in [-0.15, -0.1) is 10.2 Å². The molecule has 8 nitrogen and oxygen atoms in total. The molecule has 0 fully saturated rings. The fraction of sp³-hybridized carbons (Fsp3) is 0.211. The summed E-state index contributed by atoms with van der Waals surface area (Å²) in [5.74, 6) is 7.75. The maximum atomic E-state index is 12.3. The Morgan fingerprint density at radius 2 is 1.89 bits per heavy atom. The van der Waals surface area contributed by atoms with Crippen molar-refractivity contribution < 1.29 is 14.3 Å². The first-order chi connectivity index (χ1) is 13.5. The first-order valence-electron chi connectivity index (χ1n) is 8.44. The molecule has 0 aliphatic carbocycles. The van der Waals surface area contributed by atoms with Crippen LogP contribution in [0.3, 0.4) is 0 Å². The molecule has 0 spiro atoms. The molecule has 0 bridgehead atoms. The molecule has 0 saturated heterocycles. The number of nitrogens with zero attached hydrogens (tertiary/aromatic N) is 3. The molecule has 0 aliphatic heterocycles. The molecule has 1 amide bonds. The third kappa shape index (κ3) is 4.20. The minimum Gasteiger partial charge on any atom is -0.496 e. The van der Waals surface area contributed by atoms with Crippen LogP contribution >= 0.6 is 11.8 Å². The van der Waals surface area contributed by atoms with E-state index in [0.29, 0.717) is 28.2 Å². The molecule has 1 aromatic heterocycles. The lowest BCUT2D eigenvalue weighted by Gasteiger charge is -2.11. The van der Waals surface area contributed by atoms with E-state index in [1.807, 2.05) is 49.4 Å². The standard InChI is InChI=1S/C19H21N5O3S/c1-12-8-9-16(27-3)14(10-12)21-17(25)11-28-19-23-22-18(24(19)20)13-6-4-5-7-15(13)26-2/h4-10H,11,20H2,1-3H3,(H,21,25). The molecule has 9 heteroatoms. The summed E-state index contributed by atoms with van der Waals surface area (Å²) in [6, 6.07) is 13.0. The molecule has 28 heavy (non-hydrogen) atoms. The number of carbonyl (C=O) groups is 1. The molecule has 0 radical (unpaired) electrons. The van der Waals surface area contributed by atoms with E-state index >= 15 is 0 Å². The summed E-state index contributed by atoms with van der Waals surface area (Å²) in [7, 11) is 3.14. The highest BCUT2D eigenvalue weighted by Gasteiger charge is 2.17. The number of thioether (sulfide) groups is 1. The number of para-hydroxylation sites is 1. The Labute approximate surface area is 167 Å². The molecule has 0 atom stereocenters. The van der Waals surface area contributed by atoms with E-state index < -0.39 is 0 Å². The largest absolute Gasteiger partial charge is 0.496 e. The predicted molar refractivity (Wildman–Crippen MR) is 109 cm³/mol. The quantitative estimate of drug-likeness (QED) is 0.465. The van der Waals surface area contributed by atoms with Crippen LogP contribution in [0.15, 0.2) is 47.6 Å². The van der Waals surface area contributed by atoms with E-state index in [1.165, 1.54) is 16.4 Å². The zero-order valence-electron chi connectivity index (χ0n) is 15.8. The van der Waals surface area contributed by atoms with Gasteiger partial charge in [-0.25, -0.2) is 4.68 Å². The smallest absolute Gasteiger partial charge is 0.234 e. The zero-order valence-corrected chi connectivity index (χ0v) is 16.6. The Bertz CT molecular complexity index is 989. The summed E-state index contributed by atoms with van der Waals surface area (Å²) >= 11 is 1.19. The predicted octanol–water partition coefficient (Wildman–Crippen LogP) is 2.72. The number of nitrogen functional groups attached to an aromatic ring is 1. The molecule has 0 saturated carbocycles. The average Bonchev–Trinajstić information content (AvgIpc) is 3.06. The van der Waals surface area contributed by atoms with Crippen LogP contribution in [0.1, 0.15) is 5.56 Å². The van der Waals surface area contributed by atoms with E-state index in [-0.39, 0.29) is 11.7 Å². The van der Waals surface area contributed by atoms with Gasteiger partial charge in [-0.3, -0.25) is 4.79 Å². The number of carbonyl (C=O) groups excluding carboxylic acids is 1. The number of ether oxygens (including phenoxy) is 2. The van der Waals surface area contributed by atoms with Gasteiger partial charge in [0.2, 0.25) is 11.1 Å². The summed E-state index contributed by atoms with van der Waals surface area (Å²) in [6.07, 6.45) is 0. The second-order valence-electron chi connectivity index (χ2n) is 5.92. The number of aryl methyl sites for hydroxylation is 1. The monoisotopic (exact) mass is 399 g/mol. The lowest BCUT2D eigenvalue weighted by Crippen LogP contribution is -2.17. The molecule has 0 aliphatic rings. The van der Waals surface area contributed by atoms with Crippen molar-refractivity contribution in [2.45, 2.75) is 12.1 Å². The van der Waals surface area contributed by atoms with Gasteiger partial charge in [0.25, 0.3) is 0 Å². The molecule has 1 heterocycles. The van der Waals surface area contributed by atoms with Crippen LogP contribution in [0.5, 0.6) is 11.5 Å². The molecule has 3 aromatic rings. The Morgan fingerprint density at radius 3 is 2.64 bits per heavy atom. The molecule has 146 valence electrons. The number of methoxy groups -OCH3 is 2. The number of aromatic nitrogens is 3. The summed E-state index contributed by atoms with van der Waals surface area (Å²) in [5, 5.41) is 11.5. The molecule has 3 rings (SSSR count). The van der Waals surface area contributed by atoms with Gasteiger partial charge in [-0.05, 0) is 36.8 Å². The van der Waals surface area contributed by atoms with Gasteiger partial charge in [-0.1, -0.05) is 30.0 Å². The highest BCUT2D eigenvalue weighted by atomic mass is 32.2. The lowest BCUT2D eigenvalue weighted by molar-refractivity contribution is -0.113. The van der Waals surface area contributed by atoms with Gasteiger partial charge < -0.3 is 20.6 Å². The van der Waals surface area contributed by atoms with Crippen molar-refractivity contribution in [3.63, 3.8) is 0 Å². The Morgan fingerprint density at radius 1 is 1.14 bits per heavy atom. The fourth-order valence-corrected chi connectivity index (χ4v) is 3.28. The van der Waals surface area contributed by atoms with Gasteiger partial charge in [0.15, 0.2) is 5.82 Å². The highest BCUT2D eigenvalue weighted by Crippen LogP contribution is 2.30. The summed E-state index contributed by atoms with van der Waals surface area (Å²) in [4.78, 5) is 12.3. The maximum absolute atomic E-state index is 12.3. The van der Waals surface area contributed by atoms with Crippen molar-refractivity contribution in [3.05, 3.63) is 48.0 Å². The van der Waals surface area contributed by atoms with Crippen molar-refractivity contribution in [3.8, 4) is 22.9 Å². The number of hydrogen-bond acceptors (Lipinski definition) is 7. The minimum absolute atomic E-state index is 0.123. The number of nitrogens with one attached hydrogen (secondary N) is 1. The molecular weight excluding hydrogens is 378 g/mol. The van der Waals surface area contributed by atoms with Crippen LogP contribution in [0, 0.1) is 6.92 Å². The third-order valence-electron chi connectivity index (χ3n) is 3.97. The summed E-state index contributed by atoms with van der Waals surface area (Å²) in [5.41, 5.74) is 2.37. The maximum Gasteiger partial charge on any atom is 0.234 e. The Kier molecular flexibility index (Phi) is 6.05. The van der Waals surface area contributed by atoms with Gasteiger partial charge in [-0.2, -0.15) is 0 Å². The van der Waals surface area contributed by atoms with Crippen molar-refractivity contribution in [2.24, 2.45) is 0 Å². The van der Waals surface area contributed by atoms with Crippen molar-refractivity contribution in [1.82, 2.24) is 14.9 Å². The molecule has 3 N–H and O–H groups in total. The molecule has 0 unspecified atom stereocenters. The number of amides is 1. The van der Waals surface area contributed by atoms with Gasteiger partial charge in [0.05, 0.1) is 31.2 Å². The third-order valence-corrected chi connectivity index (χ3v) is 4.92. The number of benzene rings is 2. The molecule has 2 aromatic carbocycles. The van der Waals surface area contributed by atoms with E-state index in [1.54, 1.807) is 14.2 Å². The topological polar surface area (TPSA) is 104 Å². The van der Waals surface area contributed by atoms with E-state index in [4.69, 9.17) is 15.3 Å². The van der Waals surface area contributed by atoms with Crippen molar-refractivity contribution in [2.75, 3.05) is 31.1 Å². The second-order valence-corrected chi connectivity index (χ2v) is 6.86. The van der Waals surface area contributed by atoms with Crippen LogP contribution in [-0.2, 0) is 4.79 Å². The van der Waals surface area contributed by atoms with Gasteiger partial charge >= 0.3 is 0 Å². The van der Waals surface area contributed by atoms with Crippen LogP contribution < -0.4 is 20.6 Å². The van der Waals surface area contributed by atoms with E-state index in [9.17, 15) is 4.79 Å². The van der Waals surface area contributed by atoms with E-state index in [0.717, 1.165) is 11.1 Å². The Hall–Kier alpha value is -3.20. The second kappa shape index (κ2) is 8.66. The summed E-state index contributed by atoms with van der Waals surface area (Å²) in [6.45, 7) is 1.94. The van der Waals surface area contributed by atoms with Gasteiger partial charge in [0.1, 0.15) is 11.5 Å². The van der Waals surface area contributed by atoms with Crippen LogP contribution in [0.25, 0.3) is 11.4 Å². The number of nitrogens with two attached hydrogens (primary N) is 1. The van der Waals surface area contributed by atoms with Crippen molar-refractivity contribution in [1.29, 1.82) is 0 Å².